The summed E-state index contributed by atoms with van der Waals surface area (Å²) in [6, 6.07) is 0. The van der Waals surface area contributed by atoms with Crippen molar-refractivity contribution < 1.29 is 28.6 Å². The Balaban J connectivity index is 4.40. The fraction of sp³-hybridized carbons (Fsp3) is 0.764. The molecule has 0 N–H and O–H groups in total. The number of ether oxygens (including phenoxy) is 3. The first-order chi connectivity index (χ1) is 38.5. The third kappa shape index (κ3) is 63.4. The highest BCUT2D eigenvalue weighted by atomic mass is 16.6. The zero-order valence-corrected chi connectivity index (χ0v) is 51.7. The number of hydrogen-bond acceptors (Lipinski definition) is 6. The van der Waals surface area contributed by atoms with Crippen molar-refractivity contribution in [3.63, 3.8) is 0 Å². The molecule has 0 saturated heterocycles. The molecule has 0 aliphatic heterocycles. The standard InChI is InChI=1S/C72H126O6/c1-4-7-10-13-16-19-22-25-28-31-34-35-36-37-39-41-44-47-50-53-56-59-62-65-71(74)77-68-69(67-76-70(73)64-61-58-55-52-49-46-43-40-33-30-27-24-21-18-15-12-9-6-3)78-72(75)66-63-60-57-54-51-48-45-42-38-32-29-26-23-20-17-14-11-8-5-2/h17,20-22,24-26,29-31,33-34,36-37,69H,4-16,18-19,23,27-28,32,35,38-68H2,1-3H3/b20-17-,24-21-,25-22-,29-26-,33-30-,34-31-,37-36-. The van der Waals surface area contributed by atoms with Gasteiger partial charge in [0.2, 0.25) is 0 Å². The van der Waals surface area contributed by atoms with Crippen LogP contribution in [-0.2, 0) is 28.6 Å². The minimum absolute atomic E-state index is 0.0838. The second-order valence-electron chi connectivity index (χ2n) is 22.4. The number of unbranched alkanes of at least 4 members (excludes halogenated alkanes) is 36. The molecule has 0 saturated carbocycles. The van der Waals surface area contributed by atoms with Gasteiger partial charge in [-0.25, -0.2) is 0 Å². The summed E-state index contributed by atoms with van der Waals surface area (Å²) < 4.78 is 17.0. The number of carbonyl (C=O) groups is 3. The monoisotopic (exact) mass is 1090 g/mol. The predicted octanol–water partition coefficient (Wildman–Crippen LogP) is 23.1. The van der Waals surface area contributed by atoms with Gasteiger partial charge >= 0.3 is 17.9 Å². The summed E-state index contributed by atoms with van der Waals surface area (Å²) >= 11 is 0. The Bertz CT molecular complexity index is 1480. The highest BCUT2D eigenvalue weighted by molar-refractivity contribution is 5.71. The van der Waals surface area contributed by atoms with Crippen molar-refractivity contribution >= 4 is 17.9 Å². The van der Waals surface area contributed by atoms with Gasteiger partial charge in [0.25, 0.3) is 0 Å². The molecule has 0 fully saturated rings. The lowest BCUT2D eigenvalue weighted by molar-refractivity contribution is -0.167. The Kier molecular flexibility index (Phi) is 63.2. The molecule has 78 heavy (non-hydrogen) atoms. The molecule has 0 amide bonds. The van der Waals surface area contributed by atoms with Gasteiger partial charge in [-0.3, -0.25) is 14.4 Å². The van der Waals surface area contributed by atoms with E-state index in [9.17, 15) is 14.4 Å². The van der Waals surface area contributed by atoms with Crippen LogP contribution in [0.5, 0.6) is 0 Å². The molecule has 6 heteroatoms. The van der Waals surface area contributed by atoms with E-state index in [1.807, 2.05) is 0 Å². The first kappa shape index (κ1) is 74.6. The predicted molar refractivity (Wildman–Crippen MR) is 339 cm³/mol. The largest absolute Gasteiger partial charge is 0.462 e. The molecule has 6 nitrogen and oxygen atoms in total. The van der Waals surface area contributed by atoms with E-state index in [0.717, 1.165) is 96.3 Å². The van der Waals surface area contributed by atoms with Crippen molar-refractivity contribution in [3.8, 4) is 0 Å². The van der Waals surface area contributed by atoms with Gasteiger partial charge in [0.1, 0.15) is 13.2 Å². The maximum absolute atomic E-state index is 12.9. The van der Waals surface area contributed by atoms with E-state index < -0.39 is 6.10 Å². The van der Waals surface area contributed by atoms with E-state index >= 15 is 0 Å². The van der Waals surface area contributed by atoms with Crippen molar-refractivity contribution in [2.45, 2.75) is 341 Å². The van der Waals surface area contributed by atoms with Crippen LogP contribution >= 0.6 is 0 Å². The number of rotatable bonds is 61. The summed E-state index contributed by atoms with van der Waals surface area (Å²) in [5.74, 6) is -0.888. The average molecular weight is 1090 g/mol. The molecule has 0 aliphatic carbocycles. The number of esters is 3. The molecule has 0 aromatic rings. The number of carbonyl (C=O) groups excluding carboxylic acids is 3. The third-order valence-corrected chi connectivity index (χ3v) is 14.6. The molecule has 0 aromatic heterocycles. The van der Waals surface area contributed by atoms with Gasteiger partial charge in [-0.1, -0.05) is 279 Å². The van der Waals surface area contributed by atoms with Gasteiger partial charge in [0.15, 0.2) is 6.10 Å². The van der Waals surface area contributed by atoms with E-state index in [1.165, 1.54) is 199 Å². The minimum atomic E-state index is -0.788. The van der Waals surface area contributed by atoms with Crippen molar-refractivity contribution in [3.05, 3.63) is 85.1 Å². The van der Waals surface area contributed by atoms with Crippen LogP contribution < -0.4 is 0 Å². The topological polar surface area (TPSA) is 78.9 Å². The fourth-order valence-electron chi connectivity index (χ4n) is 9.51. The van der Waals surface area contributed by atoms with E-state index in [1.54, 1.807) is 0 Å². The summed E-state index contributed by atoms with van der Waals surface area (Å²) in [7, 11) is 0. The maximum atomic E-state index is 12.9. The van der Waals surface area contributed by atoms with Crippen molar-refractivity contribution in [1.29, 1.82) is 0 Å². The maximum Gasteiger partial charge on any atom is 0.306 e. The molecule has 1 atom stereocenters. The molecule has 0 spiro atoms. The van der Waals surface area contributed by atoms with Gasteiger partial charge in [0.05, 0.1) is 0 Å². The van der Waals surface area contributed by atoms with Crippen LogP contribution in [0.2, 0.25) is 0 Å². The van der Waals surface area contributed by atoms with Gasteiger partial charge in [0, 0.05) is 19.3 Å². The number of allylic oxidation sites excluding steroid dienone is 14. The second kappa shape index (κ2) is 66.1. The average Bonchev–Trinajstić information content (AvgIpc) is 3.44. The van der Waals surface area contributed by atoms with Gasteiger partial charge in [-0.15, -0.1) is 0 Å². The van der Waals surface area contributed by atoms with Crippen molar-refractivity contribution in [1.82, 2.24) is 0 Å². The van der Waals surface area contributed by atoms with Crippen molar-refractivity contribution in [2.75, 3.05) is 13.2 Å². The second-order valence-corrected chi connectivity index (χ2v) is 22.4. The molecule has 0 rings (SSSR count). The van der Waals surface area contributed by atoms with Crippen LogP contribution in [0.1, 0.15) is 335 Å². The highest BCUT2D eigenvalue weighted by Gasteiger charge is 2.19. The van der Waals surface area contributed by atoms with Gasteiger partial charge in [-0.2, -0.15) is 0 Å². The van der Waals surface area contributed by atoms with Crippen LogP contribution in [0.4, 0.5) is 0 Å². The van der Waals surface area contributed by atoms with E-state index in [2.05, 4.69) is 106 Å². The van der Waals surface area contributed by atoms with Crippen LogP contribution in [-0.4, -0.2) is 37.2 Å². The summed E-state index contributed by atoms with van der Waals surface area (Å²) in [4.78, 5) is 38.4. The zero-order chi connectivity index (χ0) is 56.4. The lowest BCUT2D eigenvalue weighted by atomic mass is 10.1. The van der Waals surface area contributed by atoms with Crippen LogP contribution in [0, 0.1) is 0 Å². The Morgan fingerprint density at radius 2 is 0.462 bits per heavy atom. The molecule has 0 aliphatic rings. The lowest BCUT2D eigenvalue weighted by Gasteiger charge is -2.18. The number of hydrogen-bond donors (Lipinski definition) is 0. The fourth-order valence-corrected chi connectivity index (χ4v) is 9.51. The van der Waals surface area contributed by atoms with Crippen LogP contribution in [0.25, 0.3) is 0 Å². The Hall–Kier alpha value is -3.41. The summed E-state index contributed by atoms with van der Waals surface area (Å²) in [5.41, 5.74) is 0. The summed E-state index contributed by atoms with van der Waals surface area (Å²) in [6.45, 7) is 6.61. The Morgan fingerprint density at radius 1 is 0.256 bits per heavy atom. The molecule has 0 bridgehead atoms. The summed E-state index contributed by atoms with van der Waals surface area (Å²) in [5, 5.41) is 0. The van der Waals surface area contributed by atoms with Crippen molar-refractivity contribution in [2.24, 2.45) is 0 Å². The molecule has 0 aromatic carbocycles. The normalized spacial score (nSPS) is 12.6. The van der Waals surface area contributed by atoms with E-state index in [4.69, 9.17) is 14.2 Å². The lowest BCUT2D eigenvalue weighted by Crippen LogP contribution is -2.30. The molecular formula is C72H126O6. The molecule has 0 radical (unpaired) electrons. The van der Waals surface area contributed by atoms with Gasteiger partial charge < -0.3 is 14.2 Å². The Labute approximate surface area is 484 Å². The first-order valence-corrected chi connectivity index (χ1v) is 33.6. The molecule has 1 unspecified atom stereocenters. The third-order valence-electron chi connectivity index (χ3n) is 14.6. The SMILES string of the molecule is CCCCC/C=C\C/C=C\CCCCCCCCCCCC(=O)OC(COC(=O)CCCCCCCCC/C=C\C/C=C\CCCCCC)COC(=O)CCCCCCCCCC/C=C\C/C=C\C/C=C\CCCCCCC. The highest BCUT2D eigenvalue weighted by Crippen LogP contribution is 2.16. The zero-order valence-electron chi connectivity index (χ0n) is 51.7. The molecule has 450 valence electrons. The summed E-state index contributed by atoms with van der Waals surface area (Å²) in [6.07, 6.45) is 87.2. The van der Waals surface area contributed by atoms with Gasteiger partial charge in [-0.05, 0) is 122 Å². The molecular weight excluding hydrogens is 961 g/mol. The Morgan fingerprint density at radius 3 is 0.756 bits per heavy atom. The van der Waals surface area contributed by atoms with E-state index in [-0.39, 0.29) is 31.1 Å². The molecule has 0 heterocycles. The first-order valence-electron chi connectivity index (χ1n) is 33.6. The van der Waals surface area contributed by atoms with E-state index in [0.29, 0.717) is 19.3 Å². The quantitative estimate of drug-likeness (QED) is 0.0261. The van der Waals surface area contributed by atoms with Crippen LogP contribution in [0.15, 0.2) is 85.1 Å². The van der Waals surface area contributed by atoms with Crippen LogP contribution in [0.3, 0.4) is 0 Å². The minimum Gasteiger partial charge on any atom is -0.462 e. The smallest absolute Gasteiger partial charge is 0.306 e.